The van der Waals surface area contributed by atoms with Crippen molar-refractivity contribution in [2.24, 2.45) is 5.92 Å². The highest BCUT2D eigenvalue weighted by Crippen LogP contribution is 2.31. The van der Waals surface area contributed by atoms with Gasteiger partial charge in [0.15, 0.2) is 6.07 Å². The SMILES string of the molecule is CC(C)(C)OC(=O)N1CC(=O)NC2CC(C(=O)OCCl)CCC21. The number of alkyl halides is 1. The first-order chi connectivity index (χ1) is 10.7. The summed E-state index contributed by atoms with van der Waals surface area (Å²) in [6, 6.07) is -0.618. The maximum absolute atomic E-state index is 12.3. The van der Waals surface area contributed by atoms with E-state index in [0.717, 1.165) is 0 Å². The molecule has 0 bridgehead atoms. The molecule has 2 rings (SSSR count). The second-order valence-corrected chi connectivity index (χ2v) is 7.15. The molecule has 0 radical (unpaired) electrons. The fourth-order valence-electron chi connectivity index (χ4n) is 3.11. The Morgan fingerprint density at radius 2 is 2.04 bits per heavy atom. The quantitative estimate of drug-likeness (QED) is 0.606. The molecule has 130 valence electrons. The molecule has 2 fully saturated rings. The lowest BCUT2D eigenvalue weighted by atomic mass is 9.80. The fourth-order valence-corrected chi connectivity index (χ4v) is 3.22. The third-order valence-corrected chi connectivity index (χ3v) is 4.14. The Morgan fingerprint density at radius 3 is 2.65 bits per heavy atom. The fraction of sp³-hybridized carbons (Fsp3) is 0.800. The summed E-state index contributed by atoms with van der Waals surface area (Å²) in [7, 11) is 0. The van der Waals surface area contributed by atoms with E-state index in [4.69, 9.17) is 21.1 Å². The Morgan fingerprint density at radius 1 is 1.35 bits per heavy atom. The van der Waals surface area contributed by atoms with Gasteiger partial charge in [-0.15, -0.1) is 0 Å². The number of halogens is 1. The first-order valence-corrected chi connectivity index (χ1v) is 8.26. The van der Waals surface area contributed by atoms with Gasteiger partial charge < -0.3 is 14.8 Å². The minimum atomic E-state index is -0.623. The van der Waals surface area contributed by atoms with Crippen molar-refractivity contribution in [2.75, 3.05) is 12.6 Å². The van der Waals surface area contributed by atoms with Crippen molar-refractivity contribution in [3.63, 3.8) is 0 Å². The van der Waals surface area contributed by atoms with E-state index in [0.29, 0.717) is 19.3 Å². The molecular formula is C15H23ClN2O5. The normalized spacial score (nSPS) is 27.7. The molecule has 1 saturated heterocycles. The van der Waals surface area contributed by atoms with Crippen molar-refractivity contribution in [1.29, 1.82) is 0 Å². The highest BCUT2D eigenvalue weighted by molar-refractivity contribution is 6.17. The number of hydrogen-bond acceptors (Lipinski definition) is 5. The van der Waals surface area contributed by atoms with Crippen LogP contribution in [0.1, 0.15) is 40.0 Å². The van der Waals surface area contributed by atoms with Gasteiger partial charge in [0, 0.05) is 0 Å². The van der Waals surface area contributed by atoms with Crippen LogP contribution in [0.25, 0.3) is 0 Å². The van der Waals surface area contributed by atoms with Crippen LogP contribution in [0.3, 0.4) is 0 Å². The third-order valence-electron chi connectivity index (χ3n) is 4.03. The van der Waals surface area contributed by atoms with Crippen LogP contribution in [0.15, 0.2) is 0 Å². The van der Waals surface area contributed by atoms with Gasteiger partial charge in [-0.05, 0) is 40.0 Å². The Bertz CT molecular complexity index is 491. The lowest BCUT2D eigenvalue weighted by molar-refractivity contribution is -0.149. The zero-order valence-electron chi connectivity index (χ0n) is 13.6. The summed E-state index contributed by atoms with van der Waals surface area (Å²) in [5.41, 5.74) is -0.623. The molecule has 2 aliphatic rings. The molecule has 0 aromatic heterocycles. The Balaban J connectivity index is 2.07. The number of carbonyl (C=O) groups is 3. The number of fused-ring (bicyclic) bond motifs is 1. The summed E-state index contributed by atoms with van der Waals surface area (Å²) in [5.74, 6) is -0.917. The molecule has 0 aromatic rings. The number of carbonyl (C=O) groups excluding carboxylic acids is 3. The Kier molecular flexibility index (Phi) is 5.39. The Hall–Kier alpha value is -1.50. The predicted molar refractivity (Wildman–Crippen MR) is 82.8 cm³/mol. The van der Waals surface area contributed by atoms with Gasteiger partial charge in [0.05, 0.1) is 18.0 Å². The van der Waals surface area contributed by atoms with Crippen molar-refractivity contribution < 1.29 is 23.9 Å². The molecule has 23 heavy (non-hydrogen) atoms. The molecule has 1 N–H and O–H groups in total. The van der Waals surface area contributed by atoms with E-state index >= 15 is 0 Å². The van der Waals surface area contributed by atoms with Crippen molar-refractivity contribution in [3.8, 4) is 0 Å². The van der Waals surface area contributed by atoms with Gasteiger partial charge in [-0.2, -0.15) is 0 Å². The molecule has 3 unspecified atom stereocenters. The van der Waals surface area contributed by atoms with E-state index < -0.39 is 11.7 Å². The third kappa shape index (κ3) is 4.50. The minimum Gasteiger partial charge on any atom is -0.449 e. The topological polar surface area (TPSA) is 84.9 Å². The lowest BCUT2D eigenvalue weighted by Gasteiger charge is -2.45. The van der Waals surface area contributed by atoms with Crippen molar-refractivity contribution in [1.82, 2.24) is 10.2 Å². The van der Waals surface area contributed by atoms with Gasteiger partial charge in [-0.3, -0.25) is 14.5 Å². The molecular weight excluding hydrogens is 324 g/mol. The smallest absolute Gasteiger partial charge is 0.411 e. The number of nitrogens with zero attached hydrogens (tertiary/aromatic N) is 1. The van der Waals surface area contributed by atoms with Gasteiger partial charge in [0.25, 0.3) is 0 Å². The van der Waals surface area contributed by atoms with E-state index in [1.54, 1.807) is 20.8 Å². The number of rotatable bonds is 2. The van der Waals surface area contributed by atoms with Gasteiger partial charge in [-0.25, -0.2) is 4.79 Å². The van der Waals surface area contributed by atoms with E-state index in [1.807, 2.05) is 0 Å². The van der Waals surface area contributed by atoms with Gasteiger partial charge in [0.2, 0.25) is 5.91 Å². The van der Waals surface area contributed by atoms with Crippen molar-refractivity contribution in [3.05, 3.63) is 0 Å². The summed E-state index contributed by atoms with van der Waals surface area (Å²) in [6.07, 6.45) is 1.13. The van der Waals surface area contributed by atoms with Crippen molar-refractivity contribution in [2.45, 2.75) is 57.7 Å². The predicted octanol–water partition coefficient (Wildman–Crippen LogP) is 1.63. The molecule has 0 aromatic carbocycles. The average Bonchev–Trinajstić information content (AvgIpc) is 2.44. The summed E-state index contributed by atoms with van der Waals surface area (Å²) in [6.45, 7) is 5.33. The van der Waals surface area contributed by atoms with E-state index in [9.17, 15) is 14.4 Å². The maximum atomic E-state index is 12.3. The van der Waals surface area contributed by atoms with Crippen LogP contribution in [-0.4, -0.2) is 53.2 Å². The van der Waals surface area contributed by atoms with Crippen LogP contribution < -0.4 is 5.32 Å². The summed E-state index contributed by atoms with van der Waals surface area (Å²) in [4.78, 5) is 37.6. The minimum absolute atomic E-state index is 0.0210. The monoisotopic (exact) mass is 346 g/mol. The van der Waals surface area contributed by atoms with E-state index in [1.165, 1.54) is 4.90 Å². The molecule has 7 nitrogen and oxygen atoms in total. The summed E-state index contributed by atoms with van der Waals surface area (Å²) < 4.78 is 10.2. The van der Waals surface area contributed by atoms with Gasteiger partial charge in [-0.1, -0.05) is 11.6 Å². The van der Waals surface area contributed by atoms with Crippen LogP contribution >= 0.6 is 11.6 Å². The zero-order valence-corrected chi connectivity index (χ0v) is 14.4. The number of hydrogen-bond donors (Lipinski definition) is 1. The number of piperazine rings is 1. The molecule has 1 aliphatic heterocycles. The largest absolute Gasteiger partial charge is 0.449 e. The Labute approximate surface area is 140 Å². The average molecular weight is 347 g/mol. The van der Waals surface area contributed by atoms with Gasteiger partial charge in [0.1, 0.15) is 12.1 Å². The van der Waals surface area contributed by atoms with Crippen LogP contribution in [0.5, 0.6) is 0 Å². The summed E-state index contributed by atoms with van der Waals surface area (Å²) in [5, 5.41) is 2.86. The molecule has 8 heteroatoms. The van der Waals surface area contributed by atoms with Crippen LogP contribution in [0.4, 0.5) is 4.79 Å². The number of amides is 2. The van der Waals surface area contributed by atoms with E-state index in [2.05, 4.69) is 5.32 Å². The maximum Gasteiger partial charge on any atom is 0.411 e. The first-order valence-electron chi connectivity index (χ1n) is 7.73. The van der Waals surface area contributed by atoms with E-state index in [-0.39, 0.29) is 42.5 Å². The summed E-state index contributed by atoms with van der Waals surface area (Å²) >= 11 is 5.42. The van der Waals surface area contributed by atoms with Crippen LogP contribution in [0.2, 0.25) is 0 Å². The van der Waals surface area contributed by atoms with Gasteiger partial charge >= 0.3 is 12.1 Å². The van der Waals surface area contributed by atoms with Crippen LogP contribution in [0, 0.1) is 5.92 Å². The number of ether oxygens (including phenoxy) is 2. The number of esters is 1. The lowest BCUT2D eigenvalue weighted by Crippen LogP contribution is -2.64. The first kappa shape index (κ1) is 17.8. The standard InChI is InChI=1S/C15H23ClN2O5/c1-15(2,3)23-14(21)18-7-12(19)17-10-6-9(4-5-11(10)18)13(20)22-8-16/h9-11H,4-8H2,1-3H3,(H,17,19). The zero-order chi connectivity index (χ0) is 17.2. The molecule has 1 saturated carbocycles. The molecule has 3 atom stereocenters. The second-order valence-electron chi connectivity index (χ2n) is 6.93. The molecule has 1 heterocycles. The molecule has 0 spiro atoms. The molecule has 1 aliphatic carbocycles. The second kappa shape index (κ2) is 6.95. The molecule has 2 amide bonds. The number of nitrogens with one attached hydrogen (secondary N) is 1. The van der Waals surface area contributed by atoms with Crippen molar-refractivity contribution >= 4 is 29.6 Å². The van der Waals surface area contributed by atoms with Crippen LogP contribution in [-0.2, 0) is 19.1 Å². The highest BCUT2D eigenvalue weighted by atomic mass is 35.5. The highest BCUT2D eigenvalue weighted by Gasteiger charge is 2.44.